The van der Waals surface area contributed by atoms with Crippen molar-refractivity contribution in [2.75, 3.05) is 11.9 Å². The molecule has 0 saturated heterocycles. The number of carbonyl (C=O) groups excluding carboxylic acids is 1. The molecule has 0 spiro atoms. The van der Waals surface area contributed by atoms with Crippen molar-refractivity contribution in [2.45, 2.75) is 26.8 Å². The van der Waals surface area contributed by atoms with E-state index in [-0.39, 0.29) is 29.9 Å². The number of nitro groups is 1. The molecule has 0 aliphatic carbocycles. The fourth-order valence-electron chi connectivity index (χ4n) is 2.48. The smallest absolute Gasteiger partial charge is 0.293 e. The minimum absolute atomic E-state index is 0.0108. The topological polar surface area (TPSA) is 84.3 Å². The first-order valence-corrected chi connectivity index (χ1v) is 8.21. The van der Waals surface area contributed by atoms with Crippen LogP contribution in [-0.2, 0) is 4.79 Å². The summed E-state index contributed by atoms with van der Waals surface area (Å²) in [6, 6.07) is 10.3. The maximum atomic E-state index is 12.2. The van der Waals surface area contributed by atoms with Gasteiger partial charge in [0.2, 0.25) is 5.91 Å². The number of nitrogens with one attached hydrogen (secondary N) is 2. The molecule has 0 aromatic heterocycles. The summed E-state index contributed by atoms with van der Waals surface area (Å²) in [5.41, 5.74) is 2.56. The van der Waals surface area contributed by atoms with Crippen LogP contribution >= 0.6 is 11.6 Å². The SMILES string of the molecule is Cc1ccc([N+](=O)[O-])c(NC(=O)CN[C@@H](C)c2ccccc2Cl)c1C. The van der Waals surface area contributed by atoms with E-state index >= 15 is 0 Å². The van der Waals surface area contributed by atoms with Gasteiger partial charge in [0.1, 0.15) is 5.69 Å². The molecule has 1 amide bonds. The van der Waals surface area contributed by atoms with E-state index in [0.717, 1.165) is 11.1 Å². The average Bonchev–Trinajstić information content (AvgIpc) is 2.57. The van der Waals surface area contributed by atoms with Gasteiger partial charge in [0, 0.05) is 17.1 Å². The van der Waals surface area contributed by atoms with E-state index in [4.69, 9.17) is 11.6 Å². The molecule has 6 nitrogen and oxygen atoms in total. The van der Waals surface area contributed by atoms with Crippen LogP contribution in [0.5, 0.6) is 0 Å². The van der Waals surface area contributed by atoms with E-state index < -0.39 is 4.92 Å². The number of nitro benzene ring substituents is 1. The number of aryl methyl sites for hydroxylation is 1. The van der Waals surface area contributed by atoms with Gasteiger partial charge in [-0.1, -0.05) is 35.9 Å². The predicted molar refractivity (Wildman–Crippen MR) is 99.1 cm³/mol. The lowest BCUT2D eigenvalue weighted by Crippen LogP contribution is -2.30. The molecule has 0 fully saturated rings. The summed E-state index contributed by atoms with van der Waals surface area (Å²) in [6.07, 6.45) is 0. The number of hydrogen-bond acceptors (Lipinski definition) is 4. The highest BCUT2D eigenvalue weighted by Crippen LogP contribution is 2.30. The zero-order valence-corrected chi connectivity index (χ0v) is 15.1. The number of anilines is 1. The summed E-state index contributed by atoms with van der Waals surface area (Å²) >= 11 is 6.14. The van der Waals surface area contributed by atoms with E-state index in [2.05, 4.69) is 10.6 Å². The molecule has 25 heavy (non-hydrogen) atoms. The molecule has 2 rings (SSSR count). The Hall–Kier alpha value is -2.44. The molecular formula is C18H20ClN3O3. The zero-order valence-electron chi connectivity index (χ0n) is 14.3. The molecule has 2 aromatic carbocycles. The van der Waals surface area contributed by atoms with Crippen LogP contribution in [-0.4, -0.2) is 17.4 Å². The van der Waals surface area contributed by atoms with Gasteiger partial charge >= 0.3 is 0 Å². The second kappa shape index (κ2) is 8.09. The van der Waals surface area contributed by atoms with Crippen LogP contribution < -0.4 is 10.6 Å². The number of carbonyl (C=O) groups is 1. The predicted octanol–water partition coefficient (Wildman–Crippen LogP) is 4.15. The first-order valence-electron chi connectivity index (χ1n) is 7.83. The van der Waals surface area contributed by atoms with Crippen molar-refractivity contribution in [3.63, 3.8) is 0 Å². The Morgan fingerprint density at radius 1 is 1.24 bits per heavy atom. The summed E-state index contributed by atoms with van der Waals surface area (Å²) in [5, 5.41) is 17.5. The molecule has 132 valence electrons. The molecule has 0 bridgehead atoms. The van der Waals surface area contributed by atoms with Crippen molar-refractivity contribution in [1.82, 2.24) is 5.32 Å². The van der Waals surface area contributed by atoms with Gasteiger partial charge in [0.05, 0.1) is 11.5 Å². The van der Waals surface area contributed by atoms with Gasteiger partial charge in [-0.3, -0.25) is 14.9 Å². The third-order valence-corrected chi connectivity index (χ3v) is 4.46. The number of rotatable bonds is 6. The van der Waals surface area contributed by atoms with Crippen molar-refractivity contribution < 1.29 is 9.72 Å². The monoisotopic (exact) mass is 361 g/mol. The van der Waals surface area contributed by atoms with Gasteiger partial charge in [-0.2, -0.15) is 0 Å². The zero-order chi connectivity index (χ0) is 18.6. The fraction of sp³-hybridized carbons (Fsp3) is 0.278. The van der Waals surface area contributed by atoms with Crippen molar-refractivity contribution >= 4 is 28.9 Å². The maximum absolute atomic E-state index is 12.2. The molecule has 0 unspecified atom stereocenters. The van der Waals surface area contributed by atoms with Crippen molar-refractivity contribution in [1.29, 1.82) is 0 Å². The Morgan fingerprint density at radius 3 is 2.56 bits per heavy atom. The van der Waals surface area contributed by atoms with E-state index in [9.17, 15) is 14.9 Å². The second-order valence-electron chi connectivity index (χ2n) is 5.83. The average molecular weight is 362 g/mol. The summed E-state index contributed by atoms with van der Waals surface area (Å²) in [7, 11) is 0. The van der Waals surface area contributed by atoms with E-state index in [1.54, 1.807) is 19.1 Å². The van der Waals surface area contributed by atoms with Gasteiger partial charge in [-0.25, -0.2) is 0 Å². The van der Waals surface area contributed by atoms with E-state index in [1.807, 2.05) is 32.0 Å². The summed E-state index contributed by atoms with van der Waals surface area (Å²) in [6.45, 7) is 5.50. The molecular weight excluding hydrogens is 342 g/mol. The number of nitrogens with zero attached hydrogens (tertiary/aromatic N) is 1. The lowest BCUT2D eigenvalue weighted by atomic mass is 10.1. The fourth-order valence-corrected chi connectivity index (χ4v) is 2.78. The Balaban J connectivity index is 2.07. The molecule has 0 saturated carbocycles. The number of amides is 1. The van der Waals surface area contributed by atoms with Crippen molar-refractivity contribution in [3.8, 4) is 0 Å². The number of benzene rings is 2. The lowest BCUT2D eigenvalue weighted by molar-refractivity contribution is -0.384. The normalized spacial score (nSPS) is 11.8. The quantitative estimate of drug-likeness (QED) is 0.597. The molecule has 0 heterocycles. The summed E-state index contributed by atoms with van der Waals surface area (Å²) in [4.78, 5) is 22.9. The van der Waals surface area contributed by atoms with Crippen molar-refractivity contribution in [3.05, 3.63) is 68.2 Å². The molecule has 1 atom stereocenters. The van der Waals surface area contributed by atoms with Crippen LogP contribution in [0.25, 0.3) is 0 Å². The molecule has 0 aliphatic rings. The maximum Gasteiger partial charge on any atom is 0.293 e. The van der Waals surface area contributed by atoms with Crippen LogP contribution in [0.3, 0.4) is 0 Å². The first-order chi connectivity index (χ1) is 11.8. The number of halogens is 1. The number of hydrogen-bond donors (Lipinski definition) is 2. The van der Waals surface area contributed by atoms with Gasteiger partial charge < -0.3 is 10.6 Å². The highest BCUT2D eigenvalue weighted by Gasteiger charge is 2.19. The molecule has 7 heteroatoms. The highest BCUT2D eigenvalue weighted by atomic mass is 35.5. The first kappa shape index (κ1) is 18.9. The van der Waals surface area contributed by atoms with Crippen molar-refractivity contribution in [2.24, 2.45) is 0 Å². The summed E-state index contributed by atoms with van der Waals surface area (Å²) < 4.78 is 0. The Labute approximate surface area is 151 Å². The third kappa shape index (κ3) is 4.55. The molecule has 0 radical (unpaired) electrons. The van der Waals surface area contributed by atoms with Gasteiger partial charge in [0.15, 0.2) is 0 Å². The standard InChI is InChI=1S/C18H20ClN3O3/c1-11-8-9-16(22(24)25)18(12(11)2)21-17(23)10-20-13(3)14-6-4-5-7-15(14)19/h4-9,13,20H,10H2,1-3H3,(H,21,23)/t13-/m0/s1. The minimum atomic E-state index is -0.498. The second-order valence-corrected chi connectivity index (χ2v) is 6.24. The van der Waals surface area contributed by atoms with Crippen LogP contribution in [0.1, 0.15) is 29.7 Å². The molecule has 2 N–H and O–H groups in total. The van der Waals surface area contributed by atoms with Gasteiger partial charge in [-0.15, -0.1) is 0 Å². The van der Waals surface area contributed by atoms with Crippen LogP contribution in [0, 0.1) is 24.0 Å². The molecule has 0 aliphatic heterocycles. The Bertz CT molecular complexity index is 808. The van der Waals surface area contributed by atoms with Crippen LogP contribution in [0.2, 0.25) is 5.02 Å². The highest BCUT2D eigenvalue weighted by molar-refractivity contribution is 6.31. The minimum Gasteiger partial charge on any atom is -0.319 e. The van der Waals surface area contributed by atoms with Crippen LogP contribution in [0.4, 0.5) is 11.4 Å². The van der Waals surface area contributed by atoms with Gasteiger partial charge in [0.25, 0.3) is 5.69 Å². The largest absolute Gasteiger partial charge is 0.319 e. The Morgan fingerprint density at radius 2 is 1.92 bits per heavy atom. The van der Waals surface area contributed by atoms with Crippen LogP contribution in [0.15, 0.2) is 36.4 Å². The van der Waals surface area contributed by atoms with E-state index in [1.165, 1.54) is 6.07 Å². The Kier molecular flexibility index (Phi) is 6.12. The molecule has 2 aromatic rings. The van der Waals surface area contributed by atoms with E-state index in [0.29, 0.717) is 10.6 Å². The third-order valence-electron chi connectivity index (χ3n) is 4.12. The lowest BCUT2D eigenvalue weighted by Gasteiger charge is -2.16. The van der Waals surface area contributed by atoms with Gasteiger partial charge in [-0.05, 0) is 43.5 Å². The summed E-state index contributed by atoms with van der Waals surface area (Å²) in [5.74, 6) is -0.351.